The molecular weight excluding hydrogens is 504 g/mol. The fourth-order valence-electron chi connectivity index (χ4n) is 7.15. The van der Waals surface area contributed by atoms with Gasteiger partial charge in [0, 0.05) is 5.56 Å². The highest BCUT2D eigenvalue weighted by molar-refractivity contribution is 5.90. The molecule has 2 nitrogen and oxygen atoms in total. The van der Waals surface area contributed by atoms with Crippen LogP contribution in [0.15, 0.2) is 24.3 Å². The average Bonchev–Trinajstić information content (AvgIpc) is 2.93. The molecular formula is C33H42F4O2. The Hall–Kier alpha value is -2.37. The zero-order valence-electron chi connectivity index (χ0n) is 23.1. The maximum absolute atomic E-state index is 15.4. The molecule has 214 valence electrons. The molecule has 0 aliphatic heterocycles. The molecule has 0 atom stereocenters. The van der Waals surface area contributed by atoms with Crippen molar-refractivity contribution < 1.29 is 27.5 Å². The number of aromatic carboxylic acids is 1. The van der Waals surface area contributed by atoms with Crippen molar-refractivity contribution in [1.82, 2.24) is 0 Å². The molecule has 39 heavy (non-hydrogen) atoms. The normalized spacial score (nSPS) is 23.6. The van der Waals surface area contributed by atoms with Gasteiger partial charge in [0.15, 0.2) is 17.5 Å². The van der Waals surface area contributed by atoms with Crippen LogP contribution in [0.5, 0.6) is 0 Å². The molecule has 2 aromatic rings. The first-order valence-corrected chi connectivity index (χ1v) is 15.0. The van der Waals surface area contributed by atoms with E-state index in [2.05, 4.69) is 6.92 Å². The van der Waals surface area contributed by atoms with E-state index in [1.54, 1.807) is 6.07 Å². The van der Waals surface area contributed by atoms with E-state index in [0.29, 0.717) is 11.5 Å². The Balaban J connectivity index is 1.38. The van der Waals surface area contributed by atoms with Gasteiger partial charge in [-0.25, -0.2) is 22.4 Å². The SMILES string of the molecule is CCCCCCCCC1CCC(C2CCC(c3ccc(C(=O)O)c(F)c3-c3cc(F)c(F)c(F)c3)CC2)CC1. The maximum Gasteiger partial charge on any atom is 0.338 e. The van der Waals surface area contributed by atoms with Gasteiger partial charge in [-0.3, -0.25) is 0 Å². The summed E-state index contributed by atoms with van der Waals surface area (Å²) in [4.78, 5) is 11.6. The molecule has 0 saturated heterocycles. The third-order valence-electron chi connectivity index (χ3n) is 9.41. The first-order chi connectivity index (χ1) is 18.8. The van der Waals surface area contributed by atoms with E-state index in [4.69, 9.17) is 0 Å². The number of rotatable bonds is 11. The number of hydrogen-bond donors (Lipinski definition) is 1. The van der Waals surface area contributed by atoms with Crippen molar-refractivity contribution in [2.75, 3.05) is 0 Å². The highest BCUT2D eigenvalue weighted by Crippen LogP contribution is 2.47. The molecule has 0 bridgehead atoms. The lowest BCUT2D eigenvalue weighted by Gasteiger charge is -2.38. The van der Waals surface area contributed by atoms with Crippen molar-refractivity contribution in [1.29, 1.82) is 0 Å². The van der Waals surface area contributed by atoms with Crippen molar-refractivity contribution in [3.8, 4) is 11.1 Å². The summed E-state index contributed by atoms with van der Waals surface area (Å²) in [6, 6.07) is 4.30. The van der Waals surface area contributed by atoms with Crippen molar-refractivity contribution in [3.63, 3.8) is 0 Å². The predicted molar refractivity (Wildman–Crippen MR) is 147 cm³/mol. The van der Waals surface area contributed by atoms with Gasteiger partial charge in [0.2, 0.25) is 0 Å². The molecule has 6 heteroatoms. The minimum absolute atomic E-state index is 0.0474. The van der Waals surface area contributed by atoms with Gasteiger partial charge < -0.3 is 5.11 Å². The maximum atomic E-state index is 15.4. The zero-order valence-corrected chi connectivity index (χ0v) is 23.1. The molecule has 2 aliphatic carbocycles. The van der Waals surface area contributed by atoms with Crippen LogP contribution in [0.25, 0.3) is 11.1 Å². The van der Waals surface area contributed by atoms with E-state index < -0.39 is 34.8 Å². The summed E-state index contributed by atoms with van der Waals surface area (Å²) < 4.78 is 57.2. The molecule has 1 N–H and O–H groups in total. The van der Waals surface area contributed by atoms with Crippen LogP contribution in [0.4, 0.5) is 17.6 Å². The van der Waals surface area contributed by atoms with E-state index in [9.17, 15) is 23.1 Å². The third kappa shape index (κ3) is 7.24. The molecule has 0 aromatic heterocycles. The second-order valence-electron chi connectivity index (χ2n) is 11.9. The molecule has 2 fully saturated rings. The molecule has 2 aromatic carbocycles. The summed E-state index contributed by atoms with van der Waals surface area (Å²) in [6.45, 7) is 2.25. The van der Waals surface area contributed by atoms with Crippen LogP contribution in [0.1, 0.15) is 125 Å². The number of benzene rings is 2. The Bertz CT molecular complexity index is 1090. The number of unbranched alkanes of at least 4 members (excludes halogenated alkanes) is 5. The molecule has 0 spiro atoms. The first kappa shape index (κ1) is 29.6. The highest BCUT2D eigenvalue weighted by Gasteiger charge is 2.33. The Kier molecular flexibility index (Phi) is 10.5. The van der Waals surface area contributed by atoms with Gasteiger partial charge in [0.25, 0.3) is 0 Å². The van der Waals surface area contributed by atoms with Gasteiger partial charge >= 0.3 is 5.97 Å². The van der Waals surface area contributed by atoms with Crippen molar-refractivity contribution >= 4 is 5.97 Å². The van der Waals surface area contributed by atoms with Gasteiger partial charge in [-0.05, 0) is 91.5 Å². The van der Waals surface area contributed by atoms with Crippen molar-refractivity contribution in [3.05, 3.63) is 58.7 Å². The lowest BCUT2D eigenvalue weighted by atomic mass is 9.67. The van der Waals surface area contributed by atoms with Crippen LogP contribution in [0.3, 0.4) is 0 Å². The van der Waals surface area contributed by atoms with Gasteiger partial charge in [-0.2, -0.15) is 0 Å². The highest BCUT2D eigenvalue weighted by atomic mass is 19.2. The molecule has 0 heterocycles. The Morgan fingerprint density at radius 1 is 0.769 bits per heavy atom. The summed E-state index contributed by atoms with van der Waals surface area (Å²) >= 11 is 0. The van der Waals surface area contributed by atoms with Crippen LogP contribution in [0.2, 0.25) is 0 Å². The molecule has 0 unspecified atom stereocenters. The molecule has 0 radical (unpaired) electrons. The van der Waals surface area contributed by atoms with E-state index in [1.807, 2.05) is 0 Å². The second kappa shape index (κ2) is 13.8. The summed E-state index contributed by atoms with van der Waals surface area (Å²) in [7, 11) is 0. The smallest absolute Gasteiger partial charge is 0.338 e. The Morgan fingerprint density at radius 3 is 1.92 bits per heavy atom. The zero-order chi connectivity index (χ0) is 27.9. The summed E-state index contributed by atoms with van der Waals surface area (Å²) in [5, 5.41) is 9.43. The van der Waals surface area contributed by atoms with Crippen LogP contribution < -0.4 is 0 Å². The quantitative estimate of drug-likeness (QED) is 0.173. The van der Waals surface area contributed by atoms with E-state index >= 15 is 4.39 Å². The number of carbonyl (C=O) groups is 1. The van der Waals surface area contributed by atoms with Crippen LogP contribution in [-0.2, 0) is 0 Å². The lowest BCUT2D eigenvalue weighted by Crippen LogP contribution is -2.25. The topological polar surface area (TPSA) is 37.3 Å². The van der Waals surface area contributed by atoms with Gasteiger partial charge in [-0.15, -0.1) is 0 Å². The van der Waals surface area contributed by atoms with Crippen molar-refractivity contribution in [2.24, 2.45) is 17.8 Å². The number of carboxylic acid groups (broad SMARTS) is 1. The molecule has 0 amide bonds. The van der Waals surface area contributed by atoms with E-state index in [-0.39, 0.29) is 17.0 Å². The van der Waals surface area contributed by atoms with E-state index in [1.165, 1.54) is 76.7 Å². The summed E-state index contributed by atoms with van der Waals surface area (Å²) in [5.74, 6) is -4.81. The monoisotopic (exact) mass is 546 g/mol. The number of hydrogen-bond acceptors (Lipinski definition) is 1. The molecule has 2 saturated carbocycles. The minimum Gasteiger partial charge on any atom is -0.478 e. The van der Waals surface area contributed by atoms with Gasteiger partial charge in [0.05, 0.1) is 5.56 Å². The number of halogens is 4. The number of carboxylic acids is 1. The van der Waals surface area contributed by atoms with Crippen LogP contribution in [-0.4, -0.2) is 11.1 Å². The summed E-state index contributed by atoms with van der Waals surface area (Å²) in [5.41, 5.74) is -0.325. The van der Waals surface area contributed by atoms with Crippen molar-refractivity contribution in [2.45, 2.75) is 109 Å². The fourth-order valence-corrected chi connectivity index (χ4v) is 7.15. The molecule has 4 rings (SSSR count). The largest absolute Gasteiger partial charge is 0.478 e. The Morgan fingerprint density at radius 2 is 1.33 bits per heavy atom. The minimum atomic E-state index is -1.63. The fraction of sp³-hybridized carbons (Fsp3) is 0.606. The standard InChI is InChI=1S/C33H42F4O2/c1-2-3-4-5-6-7-8-21-9-11-22(12-10-21)23-13-15-24(16-14-23)26-17-18-27(33(38)39)31(36)30(26)25-19-28(34)32(37)29(35)20-25/h17-24H,2-16H2,1H3,(H,38,39). The predicted octanol–water partition coefficient (Wildman–Crippen LogP) is 10.4. The second-order valence-corrected chi connectivity index (χ2v) is 11.9. The lowest BCUT2D eigenvalue weighted by molar-refractivity contribution is 0.0692. The molecule has 2 aliphatic rings. The third-order valence-corrected chi connectivity index (χ3v) is 9.41. The van der Waals surface area contributed by atoms with E-state index in [0.717, 1.165) is 49.7 Å². The first-order valence-electron chi connectivity index (χ1n) is 15.0. The van der Waals surface area contributed by atoms with Gasteiger partial charge in [0.1, 0.15) is 5.82 Å². The van der Waals surface area contributed by atoms with Gasteiger partial charge in [-0.1, -0.05) is 70.8 Å². The summed E-state index contributed by atoms with van der Waals surface area (Å²) in [6.07, 6.45) is 18.2. The Labute approximate surface area is 230 Å². The average molecular weight is 547 g/mol. The van der Waals surface area contributed by atoms with Crippen LogP contribution in [0, 0.1) is 41.0 Å². The van der Waals surface area contributed by atoms with Crippen LogP contribution >= 0.6 is 0 Å².